The first-order valence-electron chi connectivity index (χ1n) is 13.9. The Morgan fingerprint density at radius 2 is 1.63 bits per heavy atom. The van der Waals surface area contributed by atoms with Crippen LogP contribution in [0.15, 0.2) is 120 Å². The van der Waals surface area contributed by atoms with Crippen LogP contribution in [0.5, 0.6) is 11.5 Å². The molecule has 0 saturated heterocycles. The summed E-state index contributed by atoms with van der Waals surface area (Å²) in [5.74, 6) is -0.374. The van der Waals surface area contributed by atoms with Crippen LogP contribution >= 0.6 is 0 Å². The number of anilines is 2. The molecule has 3 N–H and O–H groups in total. The maximum absolute atomic E-state index is 13.5. The highest BCUT2D eigenvalue weighted by molar-refractivity contribution is 6.13. The molecule has 0 aliphatic heterocycles. The van der Waals surface area contributed by atoms with Crippen molar-refractivity contribution in [3.05, 3.63) is 126 Å². The smallest absolute Gasteiger partial charge is 0.259 e. The van der Waals surface area contributed by atoms with Crippen LogP contribution in [-0.4, -0.2) is 38.8 Å². The van der Waals surface area contributed by atoms with Gasteiger partial charge in [0.15, 0.2) is 17.4 Å². The van der Waals surface area contributed by atoms with Crippen LogP contribution in [0.25, 0.3) is 16.6 Å². The van der Waals surface area contributed by atoms with Gasteiger partial charge in [-0.05, 0) is 72.1 Å². The van der Waals surface area contributed by atoms with Crippen LogP contribution in [0.1, 0.15) is 26.3 Å². The van der Waals surface area contributed by atoms with Crippen LogP contribution in [0.2, 0.25) is 0 Å². The van der Waals surface area contributed by atoms with Crippen LogP contribution in [-0.2, 0) is 0 Å². The van der Waals surface area contributed by atoms with Gasteiger partial charge in [-0.15, -0.1) is 10.2 Å². The van der Waals surface area contributed by atoms with Crippen molar-refractivity contribution in [2.75, 3.05) is 17.7 Å². The molecule has 46 heavy (non-hydrogen) atoms. The molecule has 0 aliphatic carbocycles. The van der Waals surface area contributed by atoms with E-state index in [1.807, 2.05) is 12.1 Å². The molecule has 0 radical (unpaired) electrons. The van der Waals surface area contributed by atoms with Gasteiger partial charge in [0.2, 0.25) is 0 Å². The van der Waals surface area contributed by atoms with Crippen LogP contribution in [0.4, 0.5) is 22.9 Å². The van der Waals surface area contributed by atoms with Crippen LogP contribution in [0.3, 0.4) is 0 Å². The highest BCUT2D eigenvalue weighted by Gasteiger charge is 2.21. The predicted molar refractivity (Wildman–Crippen MR) is 171 cm³/mol. The minimum atomic E-state index is -0.628. The highest BCUT2D eigenvalue weighted by Crippen LogP contribution is 2.40. The van der Waals surface area contributed by atoms with Crippen molar-refractivity contribution in [2.24, 2.45) is 10.2 Å². The van der Waals surface area contributed by atoms with E-state index in [1.165, 1.54) is 24.1 Å². The number of aromatic nitrogens is 3. The van der Waals surface area contributed by atoms with Crippen molar-refractivity contribution in [2.45, 2.75) is 0 Å². The molecule has 0 fully saturated rings. The Hall–Kier alpha value is -6.87. The van der Waals surface area contributed by atoms with Crippen LogP contribution < -0.4 is 15.4 Å². The van der Waals surface area contributed by atoms with E-state index in [0.29, 0.717) is 39.3 Å². The first-order chi connectivity index (χ1) is 22.4. The van der Waals surface area contributed by atoms with Gasteiger partial charge < -0.3 is 20.5 Å². The lowest BCUT2D eigenvalue weighted by Gasteiger charge is -2.13. The molecule has 2 heterocycles. The topological polar surface area (TPSA) is 167 Å². The molecule has 0 bridgehead atoms. The molecule has 2 aromatic heterocycles. The lowest BCUT2D eigenvalue weighted by atomic mass is 10.0. The molecule has 0 spiro atoms. The number of phenols is 1. The largest absolute Gasteiger partial charge is 0.505 e. The third-order valence-electron chi connectivity index (χ3n) is 6.95. The average molecular weight is 609 g/mol. The van der Waals surface area contributed by atoms with E-state index < -0.39 is 11.7 Å². The SMILES string of the molecule is COc1ccc(NC(=O)c2cc3cc(C(=O)Nc4ccccc4)ccc3c(/N=N/c3c(C#N)cnn3-c3ccccn3)c2O)cc1. The van der Waals surface area contributed by atoms with E-state index >= 15 is 0 Å². The first-order valence-corrected chi connectivity index (χ1v) is 13.9. The number of aromatic hydroxyl groups is 1. The van der Waals surface area contributed by atoms with Crippen molar-refractivity contribution in [3.63, 3.8) is 0 Å². The number of benzene rings is 4. The lowest BCUT2D eigenvalue weighted by molar-refractivity contribution is 0.101. The van der Waals surface area contributed by atoms with Crippen molar-refractivity contribution in [1.82, 2.24) is 14.8 Å². The molecule has 224 valence electrons. The number of hydrogen-bond acceptors (Lipinski definition) is 9. The molecule has 0 atom stereocenters. The summed E-state index contributed by atoms with van der Waals surface area (Å²) >= 11 is 0. The lowest BCUT2D eigenvalue weighted by Crippen LogP contribution is -2.13. The molecule has 0 unspecified atom stereocenters. The third-order valence-corrected chi connectivity index (χ3v) is 6.95. The predicted octanol–water partition coefficient (Wildman–Crippen LogP) is 6.93. The summed E-state index contributed by atoms with van der Waals surface area (Å²) in [7, 11) is 1.54. The minimum absolute atomic E-state index is 0.0509. The molecule has 2 amide bonds. The Balaban J connectivity index is 1.45. The number of rotatable bonds is 8. The second-order valence-corrected chi connectivity index (χ2v) is 9.85. The fourth-order valence-electron chi connectivity index (χ4n) is 4.65. The molecule has 6 rings (SSSR count). The van der Waals surface area contributed by atoms with E-state index in [-0.39, 0.29) is 28.5 Å². The molecule has 6 aromatic rings. The quantitative estimate of drug-likeness (QED) is 0.158. The number of methoxy groups -OCH3 is 1. The number of ether oxygens (including phenoxy) is 1. The maximum Gasteiger partial charge on any atom is 0.259 e. The Kier molecular flexibility index (Phi) is 8.12. The van der Waals surface area contributed by atoms with Gasteiger partial charge >= 0.3 is 0 Å². The Labute approximate surface area is 262 Å². The van der Waals surface area contributed by atoms with E-state index in [4.69, 9.17) is 4.74 Å². The average Bonchev–Trinajstić information content (AvgIpc) is 3.51. The summed E-state index contributed by atoms with van der Waals surface area (Å²) in [4.78, 5) is 30.9. The summed E-state index contributed by atoms with van der Waals surface area (Å²) in [5.41, 5.74) is 1.34. The number of azo groups is 1. The molecule has 12 nitrogen and oxygen atoms in total. The Morgan fingerprint density at radius 1 is 0.891 bits per heavy atom. The summed E-state index contributed by atoms with van der Waals surface area (Å²) < 4.78 is 6.52. The Bertz CT molecular complexity index is 2140. The number of amides is 2. The number of nitrogens with zero attached hydrogens (tertiary/aromatic N) is 6. The van der Waals surface area contributed by atoms with Crippen molar-refractivity contribution >= 4 is 45.5 Å². The Morgan fingerprint density at radius 3 is 2.35 bits per heavy atom. The van der Waals surface area contributed by atoms with Crippen molar-refractivity contribution in [1.29, 1.82) is 5.26 Å². The number of fused-ring (bicyclic) bond motifs is 1. The van der Waals surface area contributed by atoms with Gasteiger partial charge in [-0.1, -0.05) is 30.3 Å². The first kappa shape index (κ1) is 29.2. The zero-order valence-corrected chi connectivity index (χ0v) is 24.2. The van der Waals surface area contributed by atoms with E-state index in [0.717, 1.165) is 0 Å². The summed E-state index contributed by atoms with van der Waals surface area (Å²) in [6.07, 6.45) is 2.90. The highest BCUT2D eigenvalue weighted by atomic mass is 16.5. The fraction of sp³-hybridized carbons (Fsp3) is 0.0294. The zero-order chi connectivity index (χ0) is 32.0. The van der Waals surface area contributed by atoms with Gasteiger partial charge in [0.1, 0.15) is 23.1 Å². The second kappa shape index (κ2) is 12.8. The second-order valence-electron chi connectivity index (χ2n) is 9.85. The van der Waals surface area contributed by atoms with Gasteiger partial charge in [-0.3, -0.25) is 9.59 Å². The number of nitriles is 1. The molecular weight excluding hydrogens is 584 g/mol. The number of phenolic OH excluding ortho intramolecular Hbond substituents is 1. The molecule has 0 aliphatic rings. The standard InChI is InChI=1S/C34H24N8O4/c1-46-26-13-11-25(12-14-26)39-34(45)28-18-22-17-21(33(44)38-24-7-3-2-4-8-24)10-15-27(22)30(31(28)43)40-41-32-23(19-35)20-37-42(32)29-9-5-6-16-36-29/h2-18,20,43H,1H3,(H,38,44)(H,39,45)/b41-40+. The number of hydrogen-bond donors (Lipinski definition) is 3. The number of nitrogens with one attached hydrogen (secondary N) is 2. The number of carbonyl (C=O) groups excluding carboxylic acids is 2. The normalized spacial score (nSPS) is 10.9. The van der Waals surface area contributed by atoms with E-state index in [9.17, 15) is 20.0 Å². The number of carbonyl (C=O) groups is 2. The van der Waals surface area contributed by atoms with E-state index in [1.54, 1.807) is 91.1 Å². The van der Waals surface area contributed by atoms with Crippen molar-refractivity contribution in [3.8, 4) is 23.4 Å². The molecule has 4 aromatic carbocycles. The third kappa shape index (κ3) is 5.97. The van der Waals surface area contributed by atoms with Crippen LogP contribution in [0, 0.1) is 11.3 Å². The molecule has 0 saturated carbocycles. The van der Waals surface area contributed by atoms with Gasteiger partial charge in [0.25, 0.3) is 11.8 Å². The van der Waals surface area contributed by atoms with Gasteiger partial charge in [0.05, 0.1) is 18.9 Å². The minimum Gasteiger partial charge on any atom is -0.505 e. The zero-order valence-electron chi connectivity index (χ0n) is 24.2. The van der Waals surface area contributed by atoms with Crippen molar-refractivity contribution < 1.29 is 19.4 Å². The summed E-state index contributed by atoms with van der Waals surface area (Å²) in [5, 5.41) is 40.4. The maximum atomic E-state index is 13.5. The number of pyridine rings is 1. The number of para-hydroxylation sites is 1. The summed E-state index contributed by atoms with van der Waals surface area (Å²) in [6, 6.07) is 29.1. The summed E-state index contributed by atoms with van der Waals surface area (Å²) in [6.45, 7) is 0. The van der Waals surface area contributed by atoms with Gasteiger partial charge in [-0.25, -0.2) is 4.98 Å². The van der Waals surface area contributed by atoms with E-state index in [2.05, 4.69) is 30.9 Å². The monoisotopic (exact) mass is 608 g/mol. The van der Waals surface area contributed by atoms with Gasteiger partial charge in [-0.2, -0.15) is 15.0 Å². The fourth-order valence-corrected chi connectivity index (χ4v) is 4.65. The molecular formula is C34H24N8O4. The van der Waals surface area contributed by atoms with Gasteiger partial charge in [0, 0.05) is 28.5 Å². The molecule has 12 heteroatoms.